The summed E-state index contributed by atoms with van der Waals surface area (Å²) in [4.78, 5) is 0. The van der Waals surface area contributed by atoms with Crippen LogP contribution >= 0.6 is 0 Å². The molecule has 2 heterocycles. The van der Waals surface area contributed by atoms with Crippen molar-refractivity contribution in [1.29, 1.82) is 0 Å². The van der Waals surface area contributed by atoms with Crippen molar-refractivity contribution in [3.63, 3.8) is 0 Å². The molecule has 4 nitrogen and oxygen atoms in total. The molecule has 1 spiro atoms. The van der Waals surface area contributed by atoms with Crippen molar-refractivity contribution in [2.75, 3.05) is 6.61 Å². The molecular weight excluding hydrogens is 244 g/mol. The largest absolute Gasteiger partial charge is 0.390 e. The van der Waals surface area contributed by atoms with Crippen LogP contribution in [0, 0.1) is 5.41 Å². The lowest BCUT2D eigenvalue weighted by atomic mass is 9.46. The topological polar surface area (TPSA) is 47.9 Å². The van der Waals surface area contributed by atoms with Crippen molar-refractivity contribution < 1.29 is 19.3 Å². The predicted molar refractivity (Wildman–Crippen MR) is 67.4 cm³/mol. The molecule has 3 fully saturated rings. The molecule has 4 rings (SSSR count). The maximum atomic E-state index is 10.4. The second-order valence-corrected chi connectivity index (χ2v) is 5.99. The van der Waals surface area contributed by atoms with E-state index >= 15 is 0 Å². The Bertz CT molecular complexity index is 504. The Hall–Kier alpha value is -0.940. The van der Waals surface area contributed by atoms with Gasteiger partial charge >= 0.3 is 0 Å². The first-order valence-electron chi connectivity index (χ1n) is 6.77. The number of ether oxygens (including phenoxy) is 3. The average Bonchev–Trinajstić information content (AvgIpc) is 2.47. The minimum atomic E-state index is -0.480. The highest BCUT2D eigenvalue weighted by atomic mass is 16.7. The molecule has 19 heavy (non-hydrogen) atoms. The Morgan fingerprint density at radius 3 is 2.68 bits per heavy atom. The summed E-state index contributed by atoms with van der Waals surface area (Å²) < 4.78 is 17.6. The van der Waals surface area contributed by atoms with Gasteiger partial charge in [-0.2, -0.15) is 0 Å². The van der Waals surface area contributed by atoms with Crippen LogP contribution in [0.2, 0.25) is 0 Å². The van der Waals surface area contributed by atoms with Crippen LogP contribution in [0.5, 0.6) is 0 Å². The zero-order chi connectivity index (χ0) is 13.3. The second kappa shape index (κ2) is 3.58. The van der Waals surface area contributed by atoms with Crippen LogP contribution in [0.4, 0.5) is 0 Å². The zero-order valence-corrected chi connectivity index (χ0v) is 11.1. The van der Waals surface area contributed by atoms with Gasteiger partial charge in [0.1, 0.15) is 11.7 Å². The predicted octanol–water partition coefficient (Wildman–Crippen LogP) is 1.64. The number of aliphatic hydroxyl groups is 1. The molecule has 2 saturated heterocycles. The normalized spacial score (nSPS) is 51.5. The van der Waals surface area contributed by atoms with Crippen LogP contribution in [0.25, 0.3) is 0 Å². The van der Waals surface area contributed by atoms with E-state index in [1.54, 1.807) is 0 Å². The molecule has 0 aromatic heterocycles. The second-order valence-electron chi connectivity index (χ2n) is 5.99. The summed E-state index contributed by atoms with van der Waals surface area (Å²) in [6, 6.07) is 9.81. The van der Waals surface area contributed by atoms with Gasteiger partial charge in [-0.3, -0.25) is 0 Å². The third-order valence-electron chi connectivity index (χ3n) is 5.30. The van der Waals surface area contributed by atoms with Crippen LogP contribution in [0.3, 0.4) is 0 Å². The average molecular weight is 262 g/mol. The lowest BCUT2D eigenvalue weighted by Crippen LogP contribution is -2.91. The lowest BCUT2D eigenvalue weighted by molar-refractivity contribution is -0.500. The molecule has 2 aliphatic heterocycles. The van der Waals surface area contributed by atoms with E-state index in [1.165, 1.54) is 0 Å². The fourth-order valence-electron chi connectivity index (χ4n) is 3.80. The van der Waals surface area contributed by atoms with Gasteiger partial charge in [0.2, 0.25) is 0 Å². The Morgan fingerprint density at radius 2 is 2.00 bits per heavy atom. The molecule has 0 amide bonds. The monoisotopic (exact) mass is 262 g/mol. The summed E-state index contributed by atoms with van der Waals surface area (Å²) in [5.41, 5.74) is 0.293. The van der Waals surface area contributed by atoms with Gasteiger partial charge in [0.25, 0.3) is 0 Å². The van der Waals surface area contributed by atoms with Crippen LogP contribution < -0.4 is 0 Å². The number of hydrogen-bond acceptors (Lipinski definition) is 4. The van der Waals surface area contributed by atoms with E-state index in [9.17, 15) is 5.11 Å². The maximum absolute atomic E-state index is 10.4. The molecule has 102 valence electrons. The van der Waals surface area contributed by atoms with Crippen molar-refractivity contribution in [1.82, 2.24) is 0 Å². The van der Waals surface area contributed by atoms with E-state index in [2.05, 4.69) is 6.92 Å². The van der Waals surface area contributed by atoms with Crippen LogP contribution in [-0.4, -0.2) is 35.6 Å². The number of benzene rings is 1. The third kappa shape index (κ3) is 1.19. The summed E-state index contributed by atoms with van der Waals surface area (Å²) in [7, 11) is 0. The molecule has 3 aliphatic rings. The molecule has 1 saturated carbocycles. The first-order chi connectivity index (χ1) is 9.09. The highest BCUT2D eigenvalue weighted by Gasteiger charge is 2.82. The smallest absolute Gasteiger partial charge is 0.184 e. The zero-order valence-electron chi connectivity index (χ0n) is 11.1. The molecule has 4 unspecified atom stereocenters. The van der Waals surface area contributed by atoms with Crippen LogP contribution in [0.1, 0.15) is 25.7 Å². The minimum absolute atomic E-state index is 0.0548. The molecule has 0 bridgehead atoms. The number of rotatable bonds is 1. The quantitative estimate of drug-likeness (QED) is 0.836. The van der Waals surface area contributed by atoms with Gasteiger partial charge in [0, 0.05) is 5.56 Å². The van der Waals surface area contributed by atoms with E-state index in [-0.39, 0.29) is 17.6 Å². The van der Waals surface area contributed by atoms with E-state index in [0.29, 0.717) is 6.61 Å². The lowest BCUT2D eigenvalue weighted by Gasteiger charge is -2.76. The van der Waals surface area contributed by atoms with Gasteiger partial charge in [-0.15, -0.1) is 0 Å². The van der Waals surface area contributed by atoms with E-state index in [4.69, 9.17) is 14.2 Å². The molecule has 0 radical (unpaired) electrons. The van der Waals surface area contributed by atoms with Crippen molar-refractivity contribution in [2.24, 2.45) is 5.41 Å². The molecule has 1 aliphatic carbocycles. The molecular formula is C15H18O4. The van der Waals surface area contributed by atoms with Gasteiger partial charge in [-0.1, -0.05) is 37.3 Å². The fourth-order valence-corrected chi connectivity index (χ4v) is 3.80. The third-order valence-corrected chi connectivity index (χ3v) is 5.30. The molecule has 6 atom stereocenters. The van der Waals surface area contributed by atoms with Gasteiger partial charge in [-0.05, 0) is 6.92 Å². The highest BCUT2D eigenvalue weighted by Crippen LogP contribution is 2.66. The highest BCUT2D eigenvalue weighted by molar-refractivity contribution is 5.30. The Kier molecular flexibility index (Phi) is 2.23. The Morgan fingerprint density at radius 1 is 1.26 bits per heavy atom. The summed E-state index contributed by atoms with van der Waals surface area (Å²) in [6.45, 7) is 4.53. The SMILES string of the molecule is C[C@H]1OC23COC(c4ccccc4)O[C@H]2C(O)C13C. The van der Waals surface area contributed by atoms with E-state index < -0.39 is 18.0 Å². The Balaban J connectivity index is 1.58. The summed E-state index contributed by atoms with van der Waals surface area (Å²) in [5, 5.41) is 10.4. The Labute approximate surface area is 112 Å². The van der Waals surface area contributed by atoms with Gasteiger partial charge in [0.05, 0.1) is 24.2 Å². The molecule has 4 heteroatoms. The maximum Gasteiger partial charge on any atom is 0.184 e. The summed E-state index contributed by atoms with van der Waals surface area (Å²) >= 11 is 0. The van der Waals surface area contributed by atoms with Gasteiger partial charge in [0.15, 0.2) is 6.29 Å². The molecule has 1 aromatic carbocycles. The standard InChI is InChI=1S/C15H18O4/c1-9-14(2)11(16)12-15(14,19-9)8-17-13(18-12)10-6-4-3-5-7-10/h3-7,9,11-13,16H,8H2,1-2H3/t9-,11?,12+,13?,14?,15?/m1/s1. The molecule has 1 N–H and O–H groups in total. The summed E-state index contributed by atoms with van der Waals surface area (Å²) in [6.07, 6.45) is -1.12. The van der Waals surface area contributed by atoms with Crippen LogP contribution in [-0.2, 0) is 14.2 Å². The van der Waals surface area contributed by atoms with Crippen LogP contribution in [0.15, 0.2) is 30.3 Å². The fraction of sp³-hybridized carbons (Fsp3) is 0.600. The number of aliphatic hydroxyl groups excluding tert-OH is 1. The van der Waals surface area contributed by atoms with Gasteiger partial charge < -0.3 is 19.3 Å². The first-order valence-corrected chi connectivity index (χ1v) is 6.77. The van der Waals surface area contributed by atoms with Crippen molar-refractivity contribution in [2.45, 2.75) is 44.1 Å². The minimum Gasteiger partial charge on any atom is -0.390 e. The van der Waals surface area contributed by atoms with Crippen molar-refractivity contribution >= 4 is 0 Å². The van der Waals surface area contributed by atoms with Gasteiger partial charge in [-0.25, -0.2) is 0 Å². The summed E-state index contributed by atoms with van der Waals surface area (Å²) in [5.74, 6) is 0. The molecule has 1 aromatic rings. The van der Waals surface area contributed by atoms with Crippen molar-refractivity contribution in [3.05, 3.63) is 35.9 Å². The van der Waals surface area contributed by atoms with E-state index in [0.717, 1.165) is 5.56 Å². The van der Waals surface area contributed by atoms with Crippen molar-refractivity contribution in [3.8, 4) is 0 Å². The van der Waals surface area contributed by atoms with E-state index in [1.807, 2.05) is 37.3 Å². The number of hydrogen-bond donors (Lipinski definition) is 1. The first kappa shape index (κ1) is 11.9.